The summed E-state index contributed by atoms with van der Waals surface area (Å²) in [5, 5.41) is 36.6. The van der Waals surface area contributed by atoms with E-state index >= 15 is 0 Å². The second-order valence-corrected chi connectivity index (χ2v) is 3.94. The van der Waals surface area contributed by atoms with Crippen LogP contribution in [0.5, 0.6) is 0 Å². The first-order valence-electron chi connectivity index (χ1n) is 5.31. The smallest absolute Gasteiger partial charge is 0.260 e. The number of hydrogen-bond acceptors (Lipinski definition) is 8. The van der Waals surface area contributed by atoms with Crippen molar-refractivity contribution < 1.29 is 34.8 Å². The molecule has 1 aliphatic heterocycles. The molecule has 1 rings (SSSR count). The minimum absolute atomic E-state index is 0.214. The average Bonchev–Trinajstić information content (AvgIpc) is 2.73. The Bertz CT molecular complexity index is 404. The van der Waals surface area contributed by atoms with E-state index in [1.165, 1.54) is 0 Å². The number of imide groups is 3. The second-order valence-electron chi connectivity index (χ2n) is 3.94. The average molecular weight is 274 g/mol. The zero-order valence-electron chi connectivity index (χ0n) is 9.71. The van der Waals surface area contributed by atoms with Gasteiger partial charge in [0.1, 0.15) is 24.4 Å². The molecular weight excluding hydrogens is 260 g/mol. The maximum Gasteiger partial charge on any atom is 0.260 e. The molecule has 0 saturated carbocycles. The number of carbonyl (C=O) groups excluding carboxylic acids is 3. The number of rotatable bonds is 5. The first-order valence-corrected chi connectivity index (χ1v) is 5.31. The van der Waals surface area contributed by atoms with Crippen molar-refractivity contribution in [1.29, 1.82) is 0 Å². The molecule has 3 amide bonds. The van der Waals surface area contributed by atoms with E-state index in [-0.39, 0.29) is 4.90 Å². The van der Waals surface area contributed by atoms with Crippen LogP contribution in [0.15, 0.2) is 12.2 Å². The second kappa shape index (κ2) is 5.99. The molecule has 0 fully saturated rings. The van der Waals surface area contributed by atoms with Gasteiger partial charge in [-0.2, -0.15) is 0 Å². The molecule has 0 unspecified atom stereocenters. The fraction of sp³-hybridized carbons (Fsp3) is 0.500. The van der Waals surface area contributed by atoms with Gasteiger partial charge in [0.05, 0.1) is 6.61 Å². The molecule has 0 aliphatic carbocycles. The Morgan fingerprint density at radius 2 is 1.63 bits per heavy atom. The molecule has 0 aromatic rings. The third kappa shape index (κ3) is 3.03. The molecule has 9 heteroatoms. The van der Waals surface area contributed by atoms with Gasteiger partial charge in [0.25, 0.3) is 17.7 Å². The lowest BCUT2D eigenvalue weighted by molar-refractivity contribution is -0.153. The largest absolute Gasteiger partial charge is 0.394 e. The Morgan fingerprint density at radius 3 is 2.05 bits per heavy atom. The quantitative estimate of drug-likeness (QED) is 0.315. The van der Waals surface area contributed by atoms with Crippen molar-refractivity contribution in [2.45, 2.75) is 24.4 Å². The highest BCUT2D eigenvalue weighted by molar-refractivity contribution is 6.23. The van der Waals surface area contributed by atoms with E-state index in [0.29, 0.717) is 0 Å². The van der Waals surface area contributed by atoms with Crippen LogP contribution in [0.25, 0.3) is 0 Å². The molecule has 0 spiro atoms. The van der Waals surface area contributed by atoms with Gasteiger partial charge < -0.3 is 26.2 Å². The van der Waals surface area contributed by atoms with Crippen LogP contribution in [0.2, 0.25) is 0 Å². The number of nitrogens with zero attached hydrogens (tertiary/aromatic N) is 1. The van der Waals surface area contributed by atoms with Gasteiger partial charge in [-0.15, -0.1) is 0 Å². The molecule has 4 atom stereocenters. The molecule has 1 heterocycles. The van der Waals surface area contributed by atoms with Gasteiger partial charge in [-0.1, -0.05) is 0 Å². The fourth-order valence-electron chi connectivity index (χ4n) is 1.46. The van der Waals surface area contributed by atoms with Crippen molar-refractivity contribution in [1.82, 2.24) is 4.90 Å². The van der Waals surface area contributed by atoms with Crippen molar-refractivity contribution in [3.05, 3.63) is 12.2 Å². The van der Waals surface area contributed by atoms with E-state index in [1.54, 1.807) is 0 Å². The van der Waals surface area contributed by atoms with Gasteiger partial charge in [-0.05, 0) is 0 Å². The van der Waals surface area contributed by atoms with Crippen LogP contribution in [-0.2, 0) is 14.4 Å². The Hall–Kier alpha value is -1.65. The predicted octanol–water partition coefficient (Wildman–Crippen LogP) is -4.16. The lowest BCUT2D eigenvalue weighted by Crippen LogP contribution is -2.57. The Labute approximate surface area is 107 Å². The number of aliphatic hydroxyl groups excluding tert-OH is 4. The monoisotopic (exact) mass is 274 g/mol. The molecule has 1 aliphatic rings. The summed E-state index contributed by atoms with van der Waals surface area (Å²) in [5.74, 6) is -3.03. The van der Waals surface area contributed by atoms with Crippen molar-refractivity contribution in [2.75, 3.05) is 6.61 Å². The third-order valence-corrected chi connectivity index (χ3v) is 2.61. The summed E-state index contributed by atoms with van der Waals surface area (Å²) < 4.78 is 0. The lowest BCUT2D eigenvalue weighted by Gasteiger charge is -2.27. The zero-order valence-corrected chi connectivity index (χ0v) is 9.71. The Morgan fingerprint density at radius 1 is 1.16 bits per heavy atom. The van der Waals surface area contributed by atoms with Crippen LogP contribution >= 0.6 is 0 Å². The van der Waals surface area contributed by atoms with Crippen LogP contribution in [0.1, 0.15) is 0 Å². The summed E-state index contributed by atoms with van der Waals surface area (Å²) in [6.45, 7) is -0.859. The van der Waals surface area contributed by atoms with Crippen molar-refractivity contribution in [2.24, 2.45) is 5.73 Å². The molecule has 0 bridgehead atoms. The molecule has 0 aromatic carbocycles. The normalized spacial score (nSPS) is 21.4. The number of aliphatic hydroxyl groups is 4. The van der Waals surface area contributed by atoms with Gasteiger partial charge in [0.15, 0.2) is 0 Å². The first-order chi connectivity index (χ1) is 8.81. The van der Waals surface area contributed by atoms with Crippen molar-refractivity contribution in [3.8, 4) is 0 Å². The standard InChI is InChI=1S/C10H14N2O7/c11-7(9(18)8(17)4(14)3-13)10(19)12-5(15)1-2-6(12)16/h1-2,4,7-9,13-14,17-18H,3,11H2/t4-,7-,8-,9-/m1/s1. The predicted molar refractivity (Wildman–Crippen MR) is 59.1 cm³/mol. The van der Waals surface area contributed by atoms with E-state index in [9.17, 15) is 24.6 Å². The van der Waals surface area contributed by atoms with E-state index in [4.69, 9.17) is 15.9 Å². The van der Waals surface area contributed by atoms with Crippen LogP contribution < -0.4 is 5.73 Å². The summed E-state index contributed by atoms with van der Waals surface area (Å²) in [7, 11) is 0. The molecule has 9 nitrogen and oxygen atoms in total. The van der Waals surface area contributed by atoms with Crippen LogP contribution in [0.4, 0.5) is 0 Å². The third-order valence-electron chi connectivity index (χ3n) is 2.61. The SMILES string of the molecule is N[C@@H](C(=O)N1C(=O)C=CC1=O)[C@@H](O)[C@H](O)[C@H](O)CO. The van der Waals surface area contributed by atoms with Gasteiger partial charge >= 0.3 is 0 Å². The van der Waals surface area contributed by atoms with Crippen LogP contribution in [0.3, 0.4) is 0 Å². The Kier molecular flexibility index (Phi) is 4.86. The van der Waals surface area contributed by atoms with E-state index in [0.717, 1.165) is 12.2 Å². The summed E-state index contributed by atoms with van der Waals surface area (Å²) in [6, 6.07) is -1.80. The molecular formula is C10H14N2O7. The molecule has 0 radical (unpaired) electrons. The maximum absolute atomic E-state index is 11.7. The summed E-state index contributed by atoms with van der Waals surface area (Å²) in [5.41, 5.74) is 5.33. The summed E-state index contributed by atoms with van der Waals surface area (Å²) in [4.78, 5) is 34.4. The Balaban J connectivity index is 2.77. The highest BCUT2D eigenvalue weighted by Gasteiger charge is 2.39. The van der Waals surface area contributed by atoms with E-state index < -0.39 is 48.7 Å². The van der Waals surface area contributed by atoms with E-state index in [1.807, 2.05) is 0 Å². The minimum Gasteiger partial charge on any atom is -0.394 e. The van der Waals surface area contributed by atoms with Gasteiger partial charge in [0.2, 0.25) is 0 Å². The molecule has 106 valence electrons. The fourth-order valence-corrected chi connectivity index (χ4v) is 1.46. The number of amides is 3. The highest BCUT2D eigenvalue weighted by atomic mass is 16.4. The zero-order chi connectivity index (χ0) is 14.7. The van der Waals surface area contributed by atoms with Crippen LogP contribution in [-0.4, -0.2) is 74.0 Å². The van der Waals surface area contributed by atoms with Gasteiger partial charge in [-0.25, -0.2) is 4.90 Å². The number of nitrogens with two attached hydrogens (primary N) is 1. The van der Waals surface area contributed by atoms with Crippen molar-refractivity contribution in [3.63, 3.8) is 0 Å². The summed E-state index contributed by atoms with van der Waals surface area (Å²) >= 11 is 0. The van der Waals surface area contributed by atoms with Gasteiger partial charge in [0, 0.05) is 12.2 Å². The van der Waals surface area contributed by atoms with Gasteiger partial charge in [-0.3, -0.25) is 14.4 Å². The topological polar surface area (TPSA) is 161 Å². The number of hydrogen-bond donors (Lipinski definition) is 5. The maximum atomic E-state index is 11.7. The molecule has 0 aromatic heterocycles. The van der Waals surface area contributed by atoms with Crippen LogP contribution in [0, 0.1) is 0 Å². The van der Waals surface area contributed by atoms with Crippen molar-refractivity contribution >= 4 is 17.7 Å². The molecule has 6 N–H and O–H groups in total. The van der Waals surface area contributed by atoms with E-state index in [2.05, 4.69) is 0 Å². The summed E-state index contributed by atoms with van der Waals surface area (Å²) in [6.07, 6.45) is -3.84. The minimum atomic E-state index is -1.95. The number of carbonyl (C=O) groups is 3. The highest BCUT2D eigenvalue weighted by Crippen LogP contribution is 2.10. The molecule has 0 saturated heterocycles. The molecule has 19 heavy (non-hydrogen) atoms. The lowest BCUT2D eigenvalue weighted by atomic mass is 10.0. The first kappa shape index (κ1) is 15.4.